The Balaban J connectivity index is 4.18. The lowest BCUT2D eigenvalue weighted by Crippen LogP contribution is -2.46. The molecule has 66 valence electrons. The van der Waals surface area contributed by atoms with Gasteiger partial charge >= 0.3 is 5.97 Å². The molecule has 2 atom stereocenters. The minimum Gasteiger partial charge on any atom is -0.464 e. The van der Waals surface area contributed by atoms with Crippen LogP contribution in [0.5, 0.6) is 0 Å². The van der Waals surface area contributed by atoms with E-state index in [-0.39, 0.29) is 6.61 Å². The predicted octanol–water partition coefficient (Wildman–Crippen LogP) is -0.319. The molecule has 0 unspecified atom stereocenters. The second-order valence-electron chi connectivity index (χ2n) is 2.54. The fourth-order valence-electron chi connectivity index (χ4n) is 0.448. The Kier molecular flexibility index (Phi) is 3.48. The number of aliphatic hydroxyl groups is 2. The van der Waals surface area contributed by atoms with E-state index in [2.05, 4.69) is 4.74 Å². The van der Waals surface area contributed by atoms with Crippen LogP contribution >= 0.6 is 0 Å². The molecule has 2 N–H and O–H groups in total. The van der Waals surface area contributed by atoms with Crippen LogP contribution in [0.25, 0.3) is 0 Å². The number of hydrogen-bond donors (Lipinski definition) is 2. The van der Waals surface area contributed by atoms with Crippen molar-refractivity contribution < 1.29 is 19.7 Å². The molecule has 0 aromatic rings. The highest BCUT2D eigenvalue weighted by molar-refractivity contribution is 5.79. The zero-order chi connectivity index (χ0) is 9.07. The molecule has 0 aliphatic heterocycles. The zero-order valence-corrected chi connectivity index (χ0v) is 7.00. The van der Waals surface area contributed by atoms with Crippen LogP contribution in [0, 0.1) is 0 Å². The van der Waals surface area contributed by atoms with Crippen molar-refractivity contribution in [2.75, 3.05) is 6.61 Å². The van der Waals surface area contributed by atoms with Crippen LogP contribution in [0.3, 0.4) is 0 Å². The molecule has 0 saturated heterocycles. The van der Waals surface area contributed by atoms with E-state index in [0.29, 0.717) is 0 Å². The lowest BCUT2D eigenvalue weighted by molar-refractivity contribution is -0.173. The Labute approximate surface area is 65.8 Å². The highest BCUT2D eigenvalue weighted by Gasteiger charge is 2.36. The smallest absolute Gasteiger partial charge is 0.340 e. The third-order valence-electron chi connectivity index (χ3n) is 1.50. The van der Waals surface area contributed by atoms with Crippen LogP contribution in [0.4, 0.5) is 0 Å². The van der Waals surface area contributed by atoms with Crippen molar-refractivity contribution in [3.63, 3.8) is 0 Å². The van der Waals surface area contributed by atoms with Crippen molar-refractivity contribution in [1.82, 2.24) is 0 Å². The standard InChI is InChI=1S/C7H14O4/c1-4-11-6(9)7(3,10)5(2)8/h5,8,10H,4H2,1-3H3/t5-,7-/m0/s1. The maximum absolute atomic E-state index is 10.9. The topological polar surface area (TPSA) is 66.8 Å². The van der Waals surface area contributed by atoms with Gasteiger partial charge < -0.3 is 14.9 Å². The van der Waals surface area contributed by atoms with Crippen molar-refractivity contribution in [2.45, 2.75) is 32.5 Å². The molecular weight excluding hydrogens is 148 g/mol. The summed E-state index contributed by atoms with van der Waals surface area (Å²) in [4.78, 5) is 10.9. The molecule has 0 amide bonds. The summed E-state index contributed by atoms with van der Waals surface area (Å²) in [6.07, 6.45) is -1.12. The van der Waals surface area contributed by atoms with Crippen LogP contribution in [0.15, 0.2) is 0 Å². The highest BCUT2D eigenvalue weighted by Crippen LogP contribution is 2.11. The van der Waals surface area contributed by atoms with Gasteiger partial charge in [0.1, 0.15) is 0 Å². The molecule has 4 nitrogen and oxygen atoms in total. The van der Waals surface area contributed by atoms with Gasteiger partial charge in [0.05, 0.1) is 12.7 Å². The maximum Gasteiger partial charge on any atom is 0.340 e. The maximum atomic E-state index is 10.9. The van der Waals surface area contributed by atoms with Crippen molar-refractivity contribution in [2.24, 2.45) is 0 Å². The van der Waals surface area contributed by atoms with E-state index in [4.69, 9.17) is 5.11 Å². The number of ether oxygens (including phenoxy) is 1. The second-order valence-corrected chi connectivity index (χ2v) is 2.54. The van der Waals surface area contributed by atoms with Gasteiger partial charge in [-0.05, 0) is 20.8 Å². The first-order chi connectivity index (χ1) is 4.92. The van der Waals surface area contributed by atoms with E-state index in [1.165, 1.54) is 13.8 Å². The van der Waals surface area contributed by atoms with Crippen molar-refractivity contribution in [1.29, 1.82) is 0 Å². The van der Waals surface area contributed by atoms with Crippen LogP contribution in [-0.2, 0) is 9.53 Å². The molecule has 0 fully saturated rings. The molecule has 0 aromatic carbocycles. The van der Waals surface area contributed by atoms with Crippen molar-refractivity contribution in [3.8, 4) is 0 Å². The third kappa shape index (κ3) is 2.48. The van der Waals surface area contributed by atoms with Crippen molar-refractivity contribution >= 4 is 5.97 Å². The van der Waals surface area contributed by atoms with E-state index < -0.39 is 17.7 Å². The molecule has 0 rings (SSSR count). The van der Waals surface area contributed by atoms with Gasteiger partial charge in [0.2, 0.25) is 0 Å². The molecule has 0 aliphatic rings. The van der Waals surface area contributed by atoms with Crippen LogP contribution in [0.2, 0.25) is 0 Å². The van der Waals surface area contributed by atoms with Gasteiger partial charge in [-0.15, -0.1) is 0 Å². The predicted molar refractivity (Wildman–Crippen MR) is 38.9 cm³/mol. The van der Waals surface area contributed by atoms with Gasteiger partial charge in [0, 0.05) is 0 Å². The summed E-state index contributed by atoms with van der Waals surface area (Å²) in [7, 11) is 0. The molecule has 0 saturated carbocycles. The molecule has 0 radical (unpaired) electrons. The lowest BCUT2D eigenvalue weighted by Gasteiger charge is -2.23. The second kappa shape index (κ2) is 3.69. The SMILES string of the molecule is CCOC(=O)[C@@](C)(O)[C@H](C)O. The summed E-state index contributed by atoms with van der Waals surface area (Å²) < 4.78 is 4.52. The highest BCUT2D eigenvalue weighted by atomic mass is 16.6. The molecular formula is C7H14O4. The minimum atomic E-state index is -1.80. The summed E-state index contributed by atoms with van der Waals surface area (Å²) in [5.41, 5.74) is -1.80. The fourth-order valence-corrected chi connectivity index (χ4v) is 0.448. The number of esters is 1. The molecule has 0 bridgehead atoms. The number of carbonyl (C=O) groups is 1. The first-order valence-electron chi connectivity index (χ1n) is 3.50. The summed E-state index contributed by atoms with van der Waals surface area (Å²) in [5.74, 6) is -0.796. The summed E-state index contributed by atoms with van der Waals surface area (Å²) >= 11 is 0. The Hall–Kier alpha value is -0.610. The monoisotopic (exact) mass is 162 g/mol. The fraction of sp³-hybridized carbons (Fsp3) is 0.857. The van der Waals surface area contributed by atoms with E-state index in [0.717, 1.165) is 0 Å². The van der Waals surface area contributed by atoms with Crippen molar-refractivity contribution in [3.05, 3.63) is 0 Å². The largest absolute Gasteiger partial charge is 0.464 e. The van der Waals surface area contributed by atoms with Crippen LogP contribution < -0.4 is 0 Å². The van der Waals surface area contributed by atoms with Gasteiger partial charge in [-0.1, -0.05) is 0 Å². The van der Waals surface area contributed by atoms with E-state index >= 15 is 0 Å². The normalized spacial score (nSPS) is 18.6. The molecule has 0 heterocycles. The number of hydrogen-bond acceptors (Lipinski definition) is 4. The molecule has 0 aliphatic carbocycles. The molecule has 0 aromatic heterocycles. The third-order valence-corrected chi connectivity index (χ3v) is 1.50. The number of rotatable bonds is 3. The Morgan fingerprint density at radius 1 is 1.73 bits per heavy atom. The first-order valence-corrected chi connectivity index (χ1v) is 3.50. The quantitative estimate of drug-likeness (QED) is 0.558. The van der Waals surface area contributed by atoms with Gasteiger partial charge in [-0.3, -0.25) is 0 Å². The molecule has 4 heteroatoms. The lowest BCUT2D eigenvalue weighted by atomic mass is 10.0. The number of carbonyl (C=O) groups excluding carboxylic acids is 1. The summed E-state index contributed by atoms with van der Waals surface area (Å²) in [6, 6.07) is 0. The minimum absolute atomic E-state index is 0.196. The van der Waals surface area contributed by atoms with Gasteiger partial charge in [-0.25, -0.2) is 4.79 Å². The Bertz CT molecular complexity index is 139. The first kappa shape index (κ1) is 10.4. The Morgan fingerprint density at radius 3 is 2.45 bits per heavy atom. The van der Waals surface area contributed by atoms with E-state index in [1.54, 1.807) is 6.92 Å². The zero-order valence-electron chi connectivity index (χ0n) is 7.00. The van der Waals surface area contributed by atoms with Gasteiger partial charge in [0.15, 0.2) is 5.60 Å². The summed E-state index contributed by atoms with van der Waals surface area (Å²) in [6.45, 7) is 4.38. The summed E-state index contributed by atoms with van der Waals surface area (Å²) in [5, 5.41) is 18.2. The van der Waals surface area contributed by atoms with Crippen LogP contribution in [0.1, 0.15) is 20.8 Å². The van der Waals surface area contributed by atoms with Crippen LogP contribution in [-0.4, -0.2) is 34.5 Å². The average molecular weight is 162 g/mol. The van der Waals surface area contributed by atoms with E-state index in [1.807, 2.05) is 0 Å². The molecule has 11 heavy (non-hydrogen) atoms. The van der Waals surface area contributed by atoms with Gasteiger partial charge in [-0.2, -0.15) is 0 Å². The van der Waals surface area contributed by atoms with Gasteiger partial charge in [0.25, 0.3) is 0 Å². The average Bonchev–Trinajstić information content (AvgIpc) is 1.88. The molecule has 0 spiro atoms. The number of aliphatic hydroxyl groups excluding tert-OH is 1. The Morgan fingerprint density at radius 2 is 2.18 bits per heavy atom. The van der Waals surface area contributed by atoms with E-state index in [9.17, 15) is 9.90 Å².